The molecule has 0 N–H and O–H groups in total. The third-order valence-electron chi connectivity index (χ3n) is 1.25. The van der Waals surface area contributed by atoms with Gasteiger partial charge in [-0.2, -0.15) is 0 Å². The van der Waals surface area contributed by atoms with Crippen LogP contribution in [-0.4, -0.2) is 16.6 Å². The lowest BCUT2D eigenvalue weighted by molar-refractivity contribution is 0.997. The molecule has 1 aromatic heterocycles. The maximum Gasteiger partial charge on any atom is 0.194 e. The van der Waals surface area contributed by atoms with Gasteiger partial charge in [-0.25, -0.2) is 15.0 Å². The molecule has 0 unspecified atom stereocenters. The van der Waals surface area contributed by atoms with Gasteiger partial charge >= 0.3 is 0 Å². The van der Waals surface area contributed by atoms with Crippen molar-refractivity contribution in [1.29, 1.82) is 0 Å². The van der Waals surface area contributed by atoms with Crippen molar-refractivity contribution in [3.05, 3.63) is 19.8 Å². The van der Waals surface area contributed by atoms with E-state index in [-0.39, 0.29) is 0 Å². The summed E-state index contributed by atoms with van der Waals surface area (Å²) in [7, 11) is 0. The zero-order valence-electron chi connectivity index (χ0n) is 5.25. The molecule has 0 saturated carbocycles. The molecule has 6 heteroatoms. The Morgan fingerprint density at radius 2 is 2.09 bits per heavy atom. The fourth-order valence-corrected chi connectivity index (χ4v) is 1.65. The summed E-state index contributed by atoms with van der Waals surface area (Å²) < 4.78 is 0.604. The van der Waals surface area contributed by atoms with Crippen LogP contribution in [0.1, 0.15) is 0 Å². The number of aromatic nitrogens is 2. The van der Waals surface area contributed by atoms with Crippen molar-refractivity contribution < 1.29 is 0 Å². The largest absolute Gasteiger partial charge is 0.255 e. The van der Waals surface area contributed by atoms with Crippen molar-refractivity contribution in [2.75, 3.05) is 6.67 Å². The van der Waals surface area contributed by atoms with E-state index in [1.165, 1.54) is 0 Å². The van der Waals surface area contributed by atoms with Gasteiger partial charge in [-0.1, -0.05) is 11.6 Å². The number of hydrogen-bond acceptors (Lipinski definition) is 4. The molecular weight excluding hydrogens is 278 g/mol. The first-order chi connectivity index (χ1) is 5.27. The monoisotopic (exact) mass is 280 g/mol. The first kappa shape index (κ1) is 7.35. The molecule has 0 spiro atoms. The van der Waals surface area contributed by atoms with Gasteiger partial charge in [0.2, 0.25) is 0 Å². The Morgan fingerprint density at radius 3 is 2.91 bits per heavy atom. The van der Waals surface area contributed by atoms with Crippen molar-refractivity contribution in [2.24, 2.45) is 9.98 Å². The second kappa shape index (κ2) is 2.63. The molecule has 1 aliphatic heterocycles. The van der Waals surface area contributed by atoms with Gasteiger partial charge in [-0.3, -0.25) is 4.99 Å². The molecule has 4 nitrogen and oxygen atoms in total. The normalized spacial score (nSPS) is 13.6. The molecular formula is C5H2ClIN4. The van der Waals surface area contributed by atoms with E-state index in [4.69, 9.17) is 11.6 Å². The molecule has 2 rings (SSSR count). The molecule has 56 valence electrons. The summed E-state index contributed by atoms with van der Waals surface area (Å²) in [6.45, 7) is 0.420. The van der Waals surface area contributed by atoms with Gasteiger partial charge in [-0.15, -0.1) is 0 Å². The van der Waals surface area contributed by atoms with E-state index in [0.717, 1.165) is 0 Å². The zero-order chi connectivity index (χ0) is 7.84. The van der Waals surface area contributed by atoms with E-state index < -0.39 is 0 Å². The van der Waals surface area contributed by atoms with Gasteiger partial charge in [-0.05, 0) is 0 Å². The van der Waals surface area contributed by atoms with Crippen molar-refractivity contribution in [3.63, 3.8) is 0 Å². The molecule has 0 aliphatic carbocycles. The smallest absolute Gasteiger partial charge is 0.194 e. The summed E-state index contributed by atoms with van der Waals surface area (Å²) in [6.07, 6.45) is 0. The maximum atomic E-state index is 5.77. The highest BCUT2D eigenvalue weighted by molar-refractivity contribution is 14.1. The maximum absolute atomic E-state index is 5.77. The summed E-state index contributed by atoms with van der Waals surface area (Å²) in [4.78, 5) is 16.0. The van der Waals surface area contributed by atoms with E-state index >= 15 is 0 Å². The Hall–Kier alpha value is -0.300. The van der Waals surface area contributed by atoms with Crippen LogP contribution in [0.2, 0.25) is 5.15 Å². The summed E-state index contributed by atoms with van der Waals surface area (Å²) in [5, 5.41) is 1.01. The Bertz CT molecular complexity index is 415. The summed E-state index contributed by atoms with van der Waals surface area (Å²) >= 11 is 7.76. The first-order valence-electron chi connectivity index (χ1n) is 2.85. The second-order valence-corrected chi connectivity index (χ2v) is 3.24. The molecule has 1 aliphatic rings. The van der Waals surface area contributed by atoms with Crippen LogP contribution >= 0.6 is 34.2 Å². The van der Waals surface area contributed by atoms with Gasteiger partial charge in [0.25, 0.3) is 0 Å². The highest BCUT2D eigenvalue weighted by Gasteiger charge is 2.04. The Labute approximate surface area is 80.6 Å². The average molecular weight is 280 g/mol. The molecule has 0 saturated heterocycles. The van der Waals surface area contributed by atoms with Crippen molar-refractivity contribution in [2.45, 2.75) is 0 Å². The molecule has 0 amide bonds. The predicted octanol–water partition coefficient (Wildman–Crippen LogP) is -0.0551. The van der Waals surface area contributed by atoms with E-state index in [1.54, 1.807) is 0 Å². The zero-order valence-corrected chi connectivity index (χ0v) is 8.17. The lowest BCUT2D eigenvalue weighted by Crippen LogP contribution is -2.28. The van der Waals surface area contributed by atoms with E-state index in [9.17, 15) is 0 Å². The first-order valence-corrected chi connectivity index (χ1v) is 4.31. The number of fused-ring (bicyclic) bond motifs is 1. The number of halogens is 2. The van der Waals surface area contributed by atoms with Gasteiger partial charge in [0, 0.05) is 22.6 Å². The Kier molecular flexibility index (Phi) is 1.76. The van der Waals surface area contributed by atoms with Crippen LogP contribution in [0.5, 0.6) is 0 Å². The average Bonchev–Trinajstić information content (AvgIpc) is 2.34. The highest BCUT2D eigenvalue weighted by Crippen LogP contribution is 1.97. The molecule has 0 fully saturated rings. The third kappa shape index (κ3) is 1.22. The lowest BCUT2D eigenvalue weighted by atomic mass is 10.6. The standard InChI is InChI=1S/C5H2ClIN4/c6-3-2-4(9-1-8-2)11-5(7)10-3/h1H2. The molecule has 0 atom stereocenters. The van der Waals surface area contributed by atoms with Crippen molar-refractivity contribution in [1.82, 2.24) is 9.97 Å². The molecule has 0 bridgehead atoms. The van der Waals surface area contributed by atoms with Crippen molar-refractivity contribution >= 4 is 34.2 Å². The van der Waals surface area contributed by atoms with Gasteiger partial charge in [0.1, 0.15) is 12.0 Å². The van der Waals surface area contributed by atoms with Crippen molar-refractivity contribution in [3.8, 4) is 0 Å². The summed E-state index contributed by atoms with van der Waals surface area (Å²) in [5.74, 6) is 0. The third-order valence-corrected chi connectivity index (χ3v) is 1.99. The molecule has 2 heterocycles. The van der Waals surface area contributed by atoms with Gasteiger partial charge in [0.05, 0.1) is 0 Å². The Morgan fingerprint density at radius 1 is 1.27 bits per heavy atom. The second-order valence-electron chi connectivity index (χ2n) is 1.91. The van der Waals surface area contributed by atoms with Gasteiger partial charge < -0.3 is 0 Å². The quantitative estimate of drug-likeness (QED) is 0.380. The van der Waals surface area contributed by atoms with Crippen LogP contribution < -0.4 is 10.8 Å². The predicted molar refractivity (Wildman–Crippen MR) is 46.9 cm³/mol. The van der Waals surface area contributed by atoms with Crippen LogP contribution in [0.25, 0.3) is 0 Å². The van der Waals surface area contributed by atoms with E-state index in [0.29, 0.717) is 26.5 Å². The SMILES string of the molecule is Clc1nc(I)nc2c1=NCN=2. The van der Waals surface area contributed by atoms with Crippen LogP contribution in [-0.2, 0) is 0 Å². The minimum Gasteiger partial charge on any atom is -0.255 e. The molecule has 0 aromatic carbocycles. The summed E-state index contributed by atoms with van der Waals surface area (Å²) in [5.41, 5.74) is 0.606. The molecule has 0 radical (unpaired) electrons. The Balaban J connectivity index is 2.93. The number of hydrogen-bond donors (Lipinski definition) is 0. The lowest BCUT2D eigenvalue weighted by Gasteiger charge is -1.88. The minimum atomic E-state index is 0.389. The van der Waals surface area contributed by atoms with Crippen LogP contribution in [0, 0.1) is 3.83 Å². The fraction of sp³-hybridized carbons (Fsp3) is 0.200. The van der Waals surface area contributed by atoms with Crippen LogP contribution in [0.4, 0.5) is 0 Å². The number of rotatable bonds is 0. The number of nitrogens with zero attached hydrogens (tertiary/aromatic N) is 4. The van der Waals surface area contributed by atoms with Crippen LogP contribution in [0.15, 0.2) is 9.98 Å². The topological polar surface area (TPSA) is 50.5 Å². The van der Waals surface area contributed by atoms with Crippen LogP contribution in [0.3, 0.4) is 0 Å². The minimum absolute atomic E-state index is 0.389. The fourth-order valence-electron chi connectivity index (χ4n) is 0.811. The van der Waals surface area contributed by atoms with Gasteiger partial charge in [0.15, 0.2) is 14.5 Å². The van der Waals surface area contributed by atoms with E-state index in [2.05, 4.69) is 20.0 Å². The molecule has 1 aromatic rings. The summed E-state index contributed by atoms with van der Waals surface area (Å²) in [6, 6.07) is 0. The van der Waals surface area contributed by atoms with E-state index in [1.807, 2.05) is 22.6 Å². The molecule has 11 heavy (non-hydrogen) atoms. The highest BCUT2D eigenvalue weighted by atomic mass is 127.